The summed E-state index contributed by atoms with van der Waals surface area (Å²) >= 11 is 0. The van der Waals surface area contributed by atoms with Gasteiger partial charge in [0.25, 0.3) is 5.91 Å². The lowest BCUT2D eigenvalue weighted by Gasteiger charge is -2.32. The second-order valence-electron chi connectivity index (χ2n) is 12.1. The molecule has 43 heavy (non-hydrogen) atoms. The fraction of sp³-hybridized carbons (Fsp3) is 0.444. The van der Waals surface area contributed by atoms with Crippen LogP contribution in [0.1, 0.15) is 67.1 Å². The monoisotopic (exact) mass is 580 g/mol. The minimum absolute atomic E-state index is 0.0803. The fourth-order valence-corrected chi connectivity index (χ4v) is 6.48. The number of rotatable bonds is 12. The fourth-order valence-electron chi connectivity index (χ4n) is 6.48. The number of carbonyl (C=O) groups excluding carboxylic acids is 1. The summed E-state index contributed by atoms with van der Waals surface area (Å²) in [5.74, 6) is 1.66. The van der Waals surface area contributed by atoms with Crippen molar-refractivity contribution in [2.45, 2.75) is 58.5 Å². The van der Waals surface area contributed by atoms with Crippen molar-refractivity contribution in [3.8, 4) is 5.75 Å². The number of benzene rings is 3. The van der Waals surface area contributed by atoms with Gasteiger partial charge < -0.3 is 9.64 Å². The number of hydrogen-bond donors (Lipinski definition) is 0. The topological polar surface area (TPSA) is 59.7 Å². The summed E-state index contributed by atoms with van der Waals surface area (Å²) in [6, 6.07) is 24.7. The highest BCUT2D eigenvalue weighted by Crippen LogP contribution is 2.32. The highest BCUT2D eigenvalue weighted by molar-refractivity contribution is 5.94. The first kappa shape index (κ1) is 29.2. The van der Waals surface area contributed by atoms with E-state index >= 15 is 0 Å². The minimum atomic E-state index is 0.0803. The van der Waals surface area contributed by atoms with E-state index in [1.54, 1.807) is 0 Å². The van der Waals surface area contributed by atoms with Gasteiger partial charge >= 0.3 is 5.69 Å². The van der Waals surface area contributed by atoms with Gasteiger partial charge in [0.05, 0.1) is 11.0 Å². The molecule has 3 aromatic carbocycles. The average molecular weight is 581 g/mol. The lowest BCUT2D eigenvalue weighted by Crippen LogP contribution is -2.39. The van der Waals surface area contributed by atoms with E-state index in [2.05, 4.69) is 33.7 Å². The molecule has 6 rings (SSSR count). The van der Waals surface area contributed by atoms with Crippen molar-refractivity contribution < 1.29 is 9.53 Å². The molecule has 2 heterocycles. The summed E-state index contributed by atoms with van der Waals surface area (Å²) in [5.41, 5.74) is 5.36. The smallest absolute Gasteiger partial charge is 0.329 e. The van der Waals surface area contributed by atoms with Gasteiger partial charge in [0.2, 0.25) is 0 Å². The molecule has 0 N–H and O–H groups in total. The Morgan fingerprint density at radius 3 is 2.23 bits per heavy atom. The lowest BCUT2D eigenvalue weighted by molar-refractivity contribution is 0.0773. The van der Waals surface area contributed by atoms with Crippen molar-refractivity contribution in [1.29, 1.82) is 0 Å². The van der Waals surface area contributed by atoms with E-state index < -0.39 is 0 Å². The van der Waals surface area contributed by atoms with Crippen molar-refractivity contribution in [3.05, 3.63) is 100.0 Å². The molecule has 1 amide bonds. The average Bonchev–Trinajstić information content (AvgIpc) is 3.82. The Morgan fingerprint density at radius 2 is 1.53 bits per heavy atom. The van der Waals surface area contributed by atoms with Gasteiger partial charge in [0, 0.05) is 57.3 Å². The second kappa shape index (κ2) is 13.2. The third-order valence-electron chi connectivity index (χ3n) is 9.21. The number of nitrogens with zero attached hydrogens (tertiary/aromatic N) is 4. The molecule has 1 saturated carbocycles. The number of hydrogen-bond acceptors (Lipinski definition) is 4. The Morgan fingerprint density at radius 1 is 0.860 bits per heavy atom. The third-order valence-corrected chi connectivity index (χ3v) is 9.21. The molecule has 1 saturated heterocycles. The van der Waals surface area contributed by atoms with Crippen LogP contribution in [0.25, 0.3) is 11.0 Å². The number of fused-ring (bicyclic) bond motifs is 1. The van der Waals surface area contributed by atoms with Crippen LogP contribution in [0.3, 0.4) is 0 Å². The first-order valence-electron chi connectivity index (χ1n) is 16.1. The number of ether oxygens (including phenoxy) is 1. The molecule has 2 aliphatic rings. The van der Waals surface area contributed by atoms with Crippen molar-refractivity contribution in [2.75, 3.05) is 39.3 Å². The lowest BCUT2D eigenvalue weighted by atomic mass is 10.0. The van der Waals surface area contributed by atoms with Gasteiger partial charge in [-0.1, -0.05) is 42.5 Å². The van der Waals surface area contributed by atoms with Crippen molar-refractivity contribution >= 4 is 16.9 Å². The molecule has 0 bridgehead atoms. The molecule has 0 unspecified atom stereocenters. The molecule has 0 spiro atoms. The molecular formula is C36H44N4O3. The second-order valence-corrected chi connectivity index (χ2v) is 12.1. The zero-order valence-electron chi connectivity index (χ0n) is 25.6. The predicted molar refractivity (Wildman–Crippen MR) is 172 cm³/mol. The molecule has 1 aliphatic carbocycles. The summed E-state index contributed by atoms with van der Waals surface area (Å²) < 4.78 is 10.4. The summed E-state index contributed by atoms with van der Waals surface area (Å²) in [4.78, 5) is 30.5. The SMILES string of the molecule is CCN(CC)C(=O)c1ccc(Cc2ccccc2OCCN2CCC(n3c(=O)n(CC4CC4)c4ccccc43)CC2)cc1. The Hall–Kier alpha value is -3.84. The van der Waals surface area contributed by atoms with Gasteiger partial charge in [-0.25, -0.2) is 4.79 Å². The van der Waals surface area contributed by atoms with E-state index in [0.717, 1.165) is 78.9 Å². The molecule has 1 aromatic heterocycles. The van der Waals surface area contributed by atoms with E-state index in [1.165, 1.54) is 12.8 Å². The van der Waals surface area contributed by atoms with E-state index in [1.807, 2.05) is 71.8 Å². The molecule has 2 fully saturated rings. The standard InChI is InChI=1S/C36H44N4O3/c1-3-38(4-2)35(41)29-17-15-27(16-18-29)25-30-9-5-8-12-34(30)43-24-23-37-21-19-31(20-22-37)40-33-11-7-6-10-32(33)39(36(40)42)26-28-13-14-28/h5-12,15-18,28,31H,3-4,13-14,19-26H2,1-2H3. The highest BCUT2D eigenvalue weighted by Gasteiger charge is 2.28. The van der Waals surface area contributed by atoms with Gasteiger partial charge in [-0.3, -0.25) is 18.8 Å². The number of para-hydroxylation sites is 3. The van der Waals surface area contributed by atoms with E-state index in [9.17, 15) is 9.59 Å². The quantitative estimate of drug-likeness (QED) is 0.206. The summed E-state index contributed by atoms with van der Waals surface area (Å²) in [7, 11) is 0. The van der Waals surface area contributed by atoms with Crippen molar-refractivity contribution in [3.63, 3.8) is 0 Å². The van der Waals surface area contributed by atoms with Gasteiger partial charge in [-0.15, -0.1) is 0 Å². The molecule has 7 nitrogen and oxygen atoms in total. The van der Waals surface area contributed by atoms with Crippen LogP contribution >= 0.6 is 0 Å². The van der Waals surface area contributed by atoms with Gasteiger partial charge in [0.15, 0.2) is 0 Å². The van der Waals surface area contributed by atoms with Crippen LogP contribution in [0.15, 0.2) is 77.6 Å². The van der Waals surface area contributed by atoms with Crippen LogP contribution in [0.5, 0.6) is 5.75 Å². The summed E-state index contributed by atoms with van der Waals surface area (Å²) in [5, 5.41) is 0. The van der Waals surface area contributed by atoms with E-state index in [-0.39, 0.29) is 17.6 Å². The molecule has 7 heteroatoms. The number of likely N-dealkylation sites (tertiary alicyclic amines) is 1. The van der Waals surface area contributed by atoms with Crippen molar-refractivity contribution in [2.24, 2.45) is 5.92 Å². The van der Waals surface area contributed by atoms with Crippen LogP contribution in [-0.2, 0) is 13.0 Å². The number of amides is 1. The molecule has 4 aromatic rings. The van der Waals surface area contributed by atoms with E-state index in [4.69, 9.17) is 4.74 Å². The van der Waals surface area contributed by atoms with Crippen LogP contribution in [-0.4, -0.2) is 64.2 Å². The Balaban J connectivity index is 1.03. The zero-order chi connectivity index (χ0) is 29.8. The normalized spacial score (nSPS) is 16.0. The molecular weight excluding hydrogens is 536 g/mol. The first-order valence-corrected chi connectivity index (χ1v) is 16.1. The van der Waals surface area contributed by atoms with Crippen LogP contribution in [0, 0.1) is 5.92 Å². The van der Waals surface area contributed by atoms with Gasteiger partial charge in [0.1, 0.15) is 12.4 Å². The van der Waals surface area contributed by atoms with Gasteiger partial charge in [-0.05, 0) is 86.9 Å². The predicted octanol–water partition coefficient (Wildman–Crippen LogP) is 6.00. The summed E-state index contributed by atoms with van der Waals surface area (Å²) in [6.45, 7) is 9.71. The number of piperidine rings is 1. The Bertz CT molecular complexity index is 1590. The van der Waals surface area contributed by atoms with Gasteiger partial charge in [-0.2, -0.15) is 0 Å². The van der Waals surface area contributed by atoms with Crippen LogP contribution < -0.4 is 10.4 Å². The van der Waals surface area contributed by atoms with Crippen molar-refractivity contribution in [1.82, 2.24) is 18.9 Å². The Kier molecular flexibility index (Phi) is 8.98. The number of carbonyl (C=O) groups is 1. The molecule has 0 radical (unpaired) electrons. The van der Waals surface area contributed by atoms with E-state index in [0.29, 0.717) is 25.6 Å². The maximum absolute atomic E-state index is 13.5. The minimum Gasteiger partial charge on any atom is -0.492 e. The molecule has 1 aliphatic heterocycles. The molecule has 226 valence electrons. The third kappa shape index (κ3) is 6.57. The zero-order valence-corrected chi connectivity index (χ0v) is 25.6. The highest BCUT2D eigenvalue weighted by atomic mass is 16.5. The first-order chi connectivity index (χ1) is 21.1. The summed E-state index contributed by atoms with van der Waals surface area (Å²) in [6.07, 6.45) is 5.18. The maximum Gasteiger partial charge on any atom is 0.329 e. The Labute approximate surface area is 254 Å². The van der Waals surface area contributed by atoms with Crippen LogP contribution in [0.4, 0.5) is 0 Å². The maximum atomic E-state index is 13.5. The molecule has 0 atom stereocenters. The number of imidazole rings is 1. The number of aromatic nitrogens is 2. The van der Waals surface area contributed by atoms with Crippen LogP contribution in [0.2, 0.25) is 0 Å². The largest absolute Gasteiger partial charge is 0.492 e.